The number of carbonyl (C=O) groups excluding carboxylic acids is 2. The summed E-state index contributed by atoms with van der Waals surface area (Å²) in [7, 11) is -5.08. The summed E-state index contributed by atoms with van der Waals surface area (Å²) < 4.78 is 33.1. The van der Waals surface area contributed by atoms with E-state index in [9.17, 15) is 43.5 Å². The number of rotatable bonds is 5. The molecular formula is C31H26N6O10S. The molecule has 0 saturated heterocycles. The SMILES string of the molecule is CC1(C)CC2(CC(C)(C)c3cc(OS(=O)(=O)c4cccc5c4C(N=[N+]=[N-])=C(N=[N+]=[N-])C(=O)C5=O)c(O)c(O)c32)c2c1cc(O)c(O)c2O. The van der Waals surface area contributed by atoms with Crippen LogP contribution in [0.15, 0.2) is 51.2 Å². The molecule has 5 N–H and O–H groups in total. The molecule has 0 amide bonds. The van der Waals surface area contributed by atoms with Gasteiger partial charge in [0.25, 0.3) is 0 Å². The molecule has 16 nitrogen and oxygen atoms in total. The number of Topliss-reactive ketones (excluding diaryl/α,β-unsaturated/α-hetero) is 2. The smallest absolute Gasteiger partial charge is 0.339 e. The molecule has 0 aliphatic heterocycles. The molecule has 0 aromatic heterocycles. The Balaban J connectivity index is 1.56. The molecule has 48 heavy (non-hydrogen) atoms. The lowest BCUT2D eigenvalue weighted by atomic mass is 9.72. The van der Waals surface area contributed by atoms with Gasteiger partial charge in [-0.05, 0) is 64.1 Å². The minimum Gasteiger partial charge on any atom is -0.504 e. The van der Waals surface area contributed by atoms with Gasteiger partial charge >= 0.3 is 10.1 Å². The summed E-state index contributed by atoms with van der Waals surface area (Å²) in [5.41, 5.74) is 13.9. The van der Waals surface area contributed by atoms with E-state index >= 15 is 0 Å². The fraction of sp³-hybridized carbons (Fsp3) is 0.290. The zero-order chi connectivity index (χ0) is 35.3. The largest absolute Gasteiger partial charge is 0.504 e. The van der Waals surface area contributed by atoms with E-state index in [-0.39, 0.29) is 24.0 Å². The van der Waals surface area contributed by atoms with Crippen molar-refractivity contribution in [3.63, 3.8) is 0 Å². The highest BCUT2D eigenvalue weighted by molar-refractivity contribution is 7.87. The van der Waals surface area contributed by atoms with Gasteiger partial charge in [-0.3, -0.25) is 9.59 Å². The van der Waals surface area contributed by atoms with Gasteiger partial charge in [-0.1, -0.05) is 50.1 Å². The summed E-state index contributed by atoms with van der Waals surface area (Å²) in [4.78, 5) is 29.7. The van der Waals surface area contributed by atoms with Crippen LogP contribution >= 0.6 is 0 Å². The molecule has 17 heteroatoms. The van der Waals surface area contributed by atoms with E-state index in [1.807, 2.05) is 13.8 Å². The maximum atomic E-state index is 13.9. The van der Waals surface area contributed by atoms with Crippen molar-refractivity contribution >= 4 is 27.4 Å². The number of benzene rings is 3. The second-order valence-corrected chi connectivity index (χ2v) is 14.7. The molecule has 246 valence electrons. The molecule has 3 aromatic rings. The van der Waals surface area contributed by atoms with Crippen LogP contribution in [0.2, 0.25) is 0 Å². The summed E-state index contributed by atoms with van der Waals surface area (Å²) >= 11 is 0. The number of aromatic hydroxyl groups is 5. The first-order chi connectivity index (χ1) is 22.3. The van der Waals surface area contributed by atoms with Gasteiger partial charge in [-0.15, -0.1) is 0 Å². The van der Waals surface area contributed by atoms with Crippen molar-refractivity contribution in [2.45, 2.75) is 61.7 Å². The van der Waals surface area contributed by atoms with Crippen molar-refractivity contribution in [1.29, 1.82) is 0 Å². The number of hydrogen-bond acceptors (Lipinski definition) is 12. The fourth-order valence-corrected chi connectivity index (χ4v) is 8.85. The fourth-order valence-electron chi connectivity index (χ4n) is 7.69. The molecule has 0 bridgehead atoms. The highest BCUT2D eigenvalue weighted by Gasteiger charge is 2.60. The molecule has 0 heterocycles. The Morgan fingerprint density at radius 2 is 1.31 bits per heavy atom. The molecule has 1 unspecified atom stereocenters. The summed E-state index contributed by atoms with van der Waals surface area (Å²) in [6, 6.07) is 5.76. The Bertz CT molecular complexity index is 2300. The van der Waals surface area contributed by atoms with Crippen molar-refractivity contribution < 1.29 is 47.7 Å². The van der Waals surface area contributed by atoms with Crippen molar-refractivity contribution in [2.24, 2.45) is 10.2 Å². The highest BCUT2D eigenvalue weighted by Crippen LogP contribution is 2.69. The molecule has 1 spiro atoms. The lowest BCUT2D eigenvalue weighted by Crippen LogP contribution is -2.27. The summed E-state index contributed by atoms with van der Waals surface area (Å²) in [6.07, 6.45) is 0.482. The van der Waals surface area contributed by atoms with Crippen molar-refractivity contribution in [3.05, 3.63) is 90.3 Å². The molecule has 1 atom stereocenters. The van der Waals surface area contributed by atoms with Gasteiger partial charge in [-0.25, -0.2) is 0 Å². The third-order valence-electron chi connectivity index (χ3n) is 9.31. The molecule has 3 aromatic carbocycles. The number of nitrogens with zero attached hydrogens (tertiary/aromatic N) is 6. The predicted octanol–water partition coefficient (Wildman–Crippen LogP) is 5.69. The Morgan fingerprint density at radius 1 is 0.771 bits per heavy atom. The third kappa shape index (κ3) is 4.18. The summed E-state index contributed by atoms with van der Waals surface area (Å²) in [5.74, 6) is -6.91. The van der Waals surface area contributed by atoms with Gasteiger partial charge in [0.2, 0.25) is 23.1 Å². The van der Waals surface area contributed by atoms with Crippen LogP contribution in [0.25, 0.3) is 26.6 Å². The Kier molecular flexibility index (Phi) is 6.72. The first kappa shape index (κ1) is 32.1. The second kappa shape index (κ2) is 10.1. The lowest BCUT2D eigenvalue weighted by Gasteiger charge is -2.31. The minimum absolute atomic E-state index is 0.163. The van der Waals surface area contributed by atoms with E-state index in [0.717, 1.165) is 18.2 Å². The molecule has 0 fully saturated rings. The number of phenols is 5. The number of allylic oxidation sites excluding steroid dienone is 1. The van der Waals surface area contributed by atoms with Crippen LogP contribution < -0.4 is 4.18 Å². The molecule has 0 radical (unpaired) electrons. The first-order valence-corrected chi connectivity index (χ1v) is 15.7. The van der Waals surface area contributed by atoms with Crippen LogP contribution in [0.4, 0.5) is 0 Å². The molecular weight excluding hydrogens is 648 g/mol. The second-order valence-electron chi connectivity index (χ2n) is 13.2. The van der Waals surface area contributed by atoms with Gasteiger partial charge in [0.1, 0.15) is 4.90 Å². The van der Waals surface area contributed by atoms with E-state index in [0.29, 0.717) is 11.1 Å². The van der Waals surface area contributed by atoms with E-state index in [1.54, 1.807) is 13.8 Å². The summed E-state index contributed by atoms with van der Waals surface area (Å²) in [6.45, 7) is 7.30. The minimum atomic E-state index is -5.08. The van der Waals surface area contributed by atoms with Gasteiger partial charge in [0.05, 0.1) is 11.4 Å². The van der Waals surface area contributed by atoms with E-state index < -0.39 is 99.8 Å². The van der Waals surface area contributed by atoms with Crippen LogP contribution in [-0.4, -0.2) is 45.5 Å². The first-order valence-electron chi connectivity index (χ1n) is 14.2. The van der Waals surface area contributed by atoms with E-state index in [4.69, 9.17) is 15.2 Å². The van der Waals surface area contributed by atoms with Crippen LogP contribution in [0, 0.1) is 0 Å². The number of carbonyl (C=O) groups is 2. The average Bonchev–Trinajstić information content (AvgIpc) is 3.36. The van der Waals surface area contributed by atoms with E-state index in [2.05, 4.69) is 20.1 Å². The topological polar surface area (TPSA) is 276 Å². The quantitative estimate of drug-likeness (QED) is 0.0550. The molecule has 3 aliphatic rings. The number of hydrogen-bond donors (Lipinski definition) is 5. The number of azide groups is 2. The maximum absolute atomic E-state index is 13.9. The predicted molar refractivity (Wildman–Crippen MR) is 166 cm³/mol. The van der Waals surface area contributed by atoms with Crippen molar-refractivity contribution in [2.75, 3.05) is 0 Å². The molecule has 0 saturated carbocycles. The van der Waals surface area contributed by atoms with Gasteiger partial charge in [0, 0.05) is 37.5 Å². The normalized spacial score (nSPS) is 20.1. The number of phenolic OH excluding ortho intramolecular Hbond substituents is 5. The summed E-state index contributed by atoms with van der Waals surface area (Å²) in [5, 5.41) is 61.3. The van der Waals surface area contributed by atoms with Crippen LogP contribution in [0.1, 0.15) is 78.7 Å². The zero-order valence-electron chi connectivity index (χ0n) is 25.7. The van der Waals surface area contributed by atoms with Gasteiger partial charge in [-0.2, -0.15) is 8.42 Å². The number of ketones is 2. The van der Waals surface area contributed by atoms with Crippen molar-refractivity contribution in [3.8, 4) is 34.5 Å². The zero-order valence-corrected chi connectivity index (χ0v) is 26.5. The maximum Gasteiger partial charge on any atom is 0.339 e. The van der Waals surface area contributed by atoms with Crippen LogP contribution in [-0.2, 0) is 31.2 Å². The lowest BCUT2D eigenvalue weighted by molar-refractivity contribution is -0.111. The van der Waals surface area contributed by atoms with E-state index in [1.165, 1.54) is 12.1 Å². The van der Waals surface area contributed by atoms with Crippen molar-refractivity contribution in [1.82, 2.24) is 0 Å². The van der Waals surface area contributed by atoms with Crippen LogP contribution in [0.3, 0.4) is 0 Å². The Labute approximate surface area is 271 Å². The Hall–Kier alpha value is -5.89. The molecule has 6 rings (SSSR count). The highest BCUT2D eigenvalue weighted by atomic mass is 32.2. The Morgan fingerprint density at radius 3 is 1.90 bits per heavy atom. The van der Waals surface area contributed by atoms with Gasteiger partial charge < -0.3 is 29.7 Å². The monoisotopic (exact) mass is 674 g/mol. The van der Waals surface area contributed by atoms with Gasteiger partial charge in [0.15, 0.2) is 23.0 Å². The standard InChI is InChI=1S/C31H26N6O10S/c1-29(2)10-31(19-13(29)8-15(38)24(40)26(19)42)11-30(3,4)14-9-16(25(41)27(43)20(14)31)47-48(45,46)17-7-5-6-12-18(17)21(34-36-32)22(35-37-33)28(44)23(12)39/h5-9,38,40-43H,10-11H2,1-4H3. The van der Waals surface area contributed by atoms with Crippen LogP contribution in [0.5, 0.6) is 34.5 Å². The average molecular weight is 675 g/mol. The number of fused-ring (bicyclic) bond motifs is 5. The third-order valence-corrected chi connectivity index (χ3v) is 10.6. The molecule has 3 aliphatic carbocycles.